The Morgan fingerprint density at radius 2 is 1.85 bits per heavy atom. The number of aryl methyl sites for hydroxylation is 1. The van der Waals surface area contributed by atoms with Gasteiger partial charge in [-0.15, -0.1) is 11.3 Å². The van der Waals surface area contributed by atoms with Crippen molar-refractivity contribution >= 4 is 23.2 Å². The first kappa shape index (κ1) is 23.0. The Labute approximate surface area is 195 Å². The third kappa shape index (κ3) is 5.63. The minimum atomic E-state index is -0.866. The predicted molar refractivity (Wildman–Crippen MR) is 124 cm³/mol. The van der Waals surface area contributed by atoms with E-state index in [1.807, 2.05) is 24.4 Å². The summed E-state index contributed by atoms with van der Waals surface area (Å²) in [6.07, 6.45) is 1.76. The van der Waals surface area contributed by atoms with E-state index in [0.717, 1.165) is 40.4 Å². The number of nitrogens with zero attached hydrogens (tertiary/aromatic N) is 2. The van der Waals surface area contributed by atoms with E-state index < -0.39 is 17.5 Å². The number of benzene rings is 2. The van der Waals surface area contributed by atoms with Gasteiger partial charge in [0, 0.05) is 42.6 Å². The smallest absolute Gasteiger partial charge is 0.256 e. The predicted octanol–water partition coefficient (Wildman–Crippen LogP) is 4.61. The van der Waals surface area contributed by atoms with Gasteiger partial charge in [-0.2, -0.15) is 0 Å². The summed E-state index contributed by atoms with van der Waals surface area (Å²) in [6, 6.07) is 11.1. The van der Waals surface area contributed by atoms with Crippen LogP contribution >= 0.6 is 11.3 Å². The molecule has 33 heavy (non-hydrogen) atoms. The van der Waals surface area contributed by atoms with Crippen molar-refractivity contribution in [3.63, 3.8) is 0 Å². The lowest BCUT2D eigenvalue weighted by Crippen LogP contribution is -2.43. The number of nitrogens with one attached hydrogen (secondary N) is 1. The second-order valence-electron chi connectivity index (χ2n) is 8.18. The Bertz CT molecular complexity index is 1140. The third-order valence-electron chi connectivity index (χ3n) is 5.90. The van der Waals surface area contributed by atoms with Gasteiger partial charge in [0.05, 0.1) is 16.3 Å². The fourth-order valence-corrected chi connectivity index (χ4v) is 4.61. The number of carbonyl (C=O) groups is 2. The first-order valence-corrected chi connectivity index (χ1v) is 11.8. The maximum atomic E-state index is 13.9. The highest BCUT2D eigenvalue weighted by molar-refractivity contribution is 7.09. The van der Waals surface area contributed by atoms with E-state index in [4.69, 9.17) is 0 Å². The maximum absolute atomic E-state index is 13.9. The Balaban J connectivity index is 1.22. The zero-order valence-electron chi connectivity index (χ0n) is 18.3. The van der Waals surface area contributed by atoms with Gasteiger partial charge in [0.25, 0.3) is 5.91 Å². The number of amides is 2. The van der Waals surface area contributed by atoms with E-state index >= 15 is 0 Å². The van der Waals surface area contributed by atoms with Crippen molar-refractivity contribution in [2.75, 3.05) is 19.6 Å². The summed E-state index contributed by atoms with van der Waals surface area (Å²) >= 11 is 1.62. The highest BCUT2D eigenvalue weighted by Crippen LogP contribution is 2.23. The Kier molecular flexibility index (Phi) is 7.13. The molecule has 4 rings (SSSR count). The van der Waals surface area contributed by atoms with E-state index in [9.17, 15) is 18.4 Å². The van der Waals surface area contributed by atoms with Crippen molar-refractivity contribution in [2.24, 2.45) is 5.92 Å². The van der Waals surface area contributed by atoms with Crippen molar-refractivity contribution < 1.29 is 18.4 Å². The van der Waals surface area contributed by atoms with Gasteiger partial charge in [-0.05, 0) is 43.9 Å². The molecule has 2 heterocycles. The second kappa shape index (κ2) is 10.2. The monoisotopic (exact) mass is 469 g/mol. The largest absolute Gasteiger partial charge is 0.356 e. The number of hydrogen-bond donors (Lipinski definition) is 1. The molecule has 1 aliphatic heterocycles. The molecule has 172 valence electrons. The fourth-order valence-electron chi connectivity index (χ4n) is 3.99. The summed E-state index contributed by atoms with van der Waals surface area (Å²) in [4.78, 5) is 31.1. The number of thiazole rings is 1. The molecule has 0 atom stereocenters. The quantitative estimate of drug-likeness (QED) is 0.574. The highest BCUT2D eigenvalue weighted by Gasteiger charge is 2.28. The minimum absolute atomic E-state index is 0.0235. The van der Waals surface area contributed by atoms with Crippen LogP contribution in [0, 0.1) is 24.5 Å². The molecule has 0 saturated carbocycles. The van der Waals surface area contributed by atoms with E-state index in [1.54, 1.807) is 11.3 Å². The van der Waals surface area contributed by atoms with E-state index in [1.165, 1.54) is 4.90 Å². The van der Waals surface area contributed by atoms with Crippen molar-refractivity contribution in [3.05, 3.63) is 75.6 Å². The first-order valence-electron chi connectivity index (χ1n) is 10.9. The molecular formula is C25H25F2N3O2S. The number of halogens is 2. The van der Waals surface area contributed by atoms with Crippen molar-refractivity contribution in [2.45, 2.75) is 26.2 Å². The SMILES string of the molecule is Cc1nc(-c2ccc(CCNC(=O)C3CCN(C(=O)c4ccc(F)cc4F)CC3)cc2)cs1. The Hall–Kier alpha value is -3.13. The zero-order chi connectivity index (χ0) is 23.4. The Morgan fingerprint density at radius 1 is 1.12 bits per heavy atom. The standard InChI is InChI=1S/C25H25F2N3O2S/c1-16-29-23(15-33-16)18-4-2-17(3-5-18)8-11-28-24(31)19-9-12-30(13-10-19)25(32)21-7-6-20(26)14-22(21)27/h2-7,14-15,19H,8-13H2,1H3,(H,28,31). The van der Waals surface area contributed by atoms with Crippen LogP contribution in [0.4, 0.5) is 8.78 Å². The lowest BCUT2D eigenvalue weighted by atomic mass is 9.95. The van der Waals surface area contributed by atoms with Crippen LogP contribution in [0.5, 0.6) is 0 Å². The van der Waals surface area contributed by atoms with Gasteiger partial charge in [0.15, 0.2) is 0 Å². The van der Waals surface area contributed by atoms with Gasteiger partial charge in [-0.25, -0.2) is 13.8 Å². The molecule has 5 nitrogen and oxygen atoms in total. The molecule has 2 amide bonds. The van der Waals surface area contributed by atoms with E-state index in [2.05, 4.69) is 22.4 Å². The first-order chi connectivity index (χ1) is 15.9. The average molecular weight is 470 g/mol. The molecular weight excluding hydrogens is 444 g/mol. The van der Waals surface area contributed by atoms with Crippen LogP contribution in [0.25, 0.3) is 11.3 Å². The van der Waals surface area contributed by atoms with Gasteiger partial charge in [-0.1, -0.05) is 24.3 Å². The van der Waals surface area contributed by atoms with Crippen molar-refractivity contribution in [1.82, 2.24) is 15.2 Å². The summed E-state index contributed by atoms with van der Waals surface area (Å²) in [7, 11) is 0. The van der Waals surface area contributed by atoms with E-state index in [0.29, 0.717) is 38.5 Å². The molecule has 1 fully saturated rings. The molecule has 1 N–H and O–H groups in total. The van der Waals surface area contributed by atoms with Crippen LogP contribution in [0.15, 0.2) is 47.8 Å². The topological polar surface area (TPSA) is 62.3 Å². The molecule has 8 heteroatoms. The maximum Gasteiger partial charge on any atom is 0.256 e. The molecule has 0 bridgehead atoms. The summed E-state index contributed by atoms with van der Waals surface area (Å²) in [5.74, 6) is -2.26. The van der Waals surface area contributed by atoms with Crippen LogP contribution in [0.1, 0.15) is 33.8 Å². The molecule has 0 radical (unpaired) electrons. The molecule has 0 unspecified atom stereocenters. The van der Waals surface area contributed by atoms with Crippen LogP contribution < -0.4 is 5.32 Å². The normalized spacial score (nSPS) is 14.3. The molecule has 0 spiro atoms. The van der Waals surface area contributed by atoms with Crippen molar-refractivity contribution in [3.8, 4) is 11.3 Å². The summed E-state index contributed by atoms with van der Waals surface area (Å²) in [5.41, 5.74) is 3.04. The van der Waals surface area contributed by atoms with Gasteiger partial charge < -0.3 is 10.2 Å². The third-order valence-corrected chi connectivity index (χ3v) is 6.67. The van der Waals surface area contributed by atoms with E-state index in [-0.39, 0.29) is 17.4 Å². The van der Waals surface area contributed by atoms with Gasteiger partial charge in [0.1, 0.15) is 11.6 Å². The van der Waals surface area contributed by atoms with Crippen LogP contribution in [0.3, 0.4) is 0 Å². The van der Waals surface area contributed by atoms with Crippen LogP contribution in [-0.4, -0.2) is 41.3 Å². The van der Waals surface area contributed by atoms with Crippen LogP contribution in [-0.2, 0) is 11.2 Å². The minimum Gasteiger partial charge on any atom is -0.356 e. The fraction of sp³-hybridized carbons (Fsp3) is 0.320. The number of piperidine rings is 1. The number of hydrogen-bond acceptors (Lipinski definition) is 4. The molecule has 1 aliphatic rings. The lowest BCUT2D eigenvalue weighted by Gasteiger charge is -2.31. The summed E-state index contributed by atoms with van der Waals surface area (Å²) in [5, 5.41) is 6.06. The molecule has 3 aromatic rings. The highest BCUT2D eigenvalue weighted by atomic mass is 32.1. The number of likely N-dealkylation sites (tertiary alicyclic amines) is 1. The van der Waals surface area contributed by atoms with Gasteiger partial charge in [0.2, 0.25) is 5.91 Å². The van der Waals surface area contributed by atoms with Crippen molar-refractivity contribution in [1.29, 1.82) is 0 Å². The molecule has 1 aromatic heterocycles. The van der Waals surface area contributed by atoms with Gasteiger partial charge >= 0.3 is 0 Å². The molecule has 2 aromatic carbocycles. The number of aromatic nitrogens is 1. The Morgan fingerprint density at radius 3 is 2.48 bits per heavy atom. The number of rotatable bonds is 6. The van der Waals surface area contributed by atoms with Gasteiger partial charge in [-0.3, -0.25) is 9.59 Å². The second-order valence-corrected chi connectivity index (χ2v) is 9.24. The summed E-state index contributed by atoms with van der Waals surface area (Å²) < 4.78 is 27.0. The molecule has 1 saturated heterocycles. The summed E-state index contributed by atoms with van der Waals surface area (Å²) in [6.45, 7) is 3.25. The lowest BCUT2D eigenvalue weighted by molar-refractivity contribution is -0.126. The molecule has 0 aliphatic carbocycles. The zero-order valence-corrected chi connectivity index (χ0v) is 19.1. The number of carbonyl (C=O) groups excluding carboxylic acids is 2. The average Bonchev–Trinajstić information content (AvgIpc) is 3.25. The van der Waals surface area contributed by atoms with Crippen LogP contribution in [0.2, 0.25) is 0 Å².